The number of rotatable bonds is 17. The first-order valence-electron chi connectivity index (χ1n) is 34.3. The van der Waals surface area contributed by atoms with Gasteiger partial charge in [0, 0.05) is 5.41 Å². The van der Waals surface area contributed by atoms with Crippen molar-refractivity contribution in [2.24, 2.45) is 50.2 Å². The average Bonchev–Trinajstić information content (AvgIpc) is 0.675. The van der Waals surface area contributed by atoms with E-state index in [0.717, 1.165) is 5.57 Å². The van der Waals surface area contributed by atoms with Crippen molar-refractivity contribution >= 4 is 5.97 Å². The van der Waals surface area contributed by atoms with E-state index in [0.29, 0.717) is 64.2 Å². The first kappa shape index (κ1) is 76.1. The molecule has 0 bridgehead atoms. The molecule has 0 amide bonds. The third-order valence-corrected chi connectivity index (χ3v) is 25.3. The molecule has 7 unspecified atom stereocenters. The molecule has 32 heteroatoms. The smallest absolute Gasteiger partial charge is 0.315 e. The van der Waals surface area contributed by atoms with E-state index in [1.54, 1.807) is 0 Å². The van der Waals surface area contributed by atoms with Crippen LogP contribution in [0.25, 0.3) is 0 Å². The molecule has 0 spiro atoms. The van der Waals surface area contributed by atoms with E-state index in [1.807, 2.05) is 6.92 Å². The molecule has 19 N–H and O–H groups in total. The van der Waals surface area contributed by atoms with Crippen molar-refractivity contribution in [3.8, 4) is 0 Å². The summed E-state index contributed by atoms with van der Waals surface area (Å²) in [5, 5.41) is 207. The van der Waals surface area contributed by atoms with Crippen molar-refractivity contribution in [2.75, 3.05) is 39.6 Å². The third kappa shape index (κ3) is 13.2. The fourth-order valence-corrected chi connectivity index (χ4v) is 19.1. The number of carbonyl (C=O) groups is 1. The van der Waals surface area contributed by atoms with Crippen LogP contribution in [-0.4, -0.2) is 327 Å². The van der Waals surface area contributed by atoms with Gasteiger partial charge in [0.1, 0.15) is 134 Å². The van der Waals surface area contributed by atoms with Crippen LogP contribution in [0, 0.1) is 50.2 Å². The second kappa shape index (κ2) is 28.8. The SMILES string of the molecule is C[C@H]1O[C@@H](O[C@H]2[C@@H](O)[C@H](O[C@H]3[C@@H](O)[C@@H](O)[C@H](OC4CCC5(C)C6CC=C7C8CC(C)(C)CCC8(C(=O)O[C@@H]8O[C@H](CO[C@@H]9O[C@H](CO)[C@@H](O)[C@@H](O)[C@H]9O)[C@@H](O)[C@@H](O)[C@H]8O)CC[C@@]7(C)C6(C)CCC5[C@@]4(C)CO)O[C@@H]3CO)O[C@H](CO)[C@H]2O)[C@H](O[C@@H]2OC[C@H](O)[C@@H](O)[C@H]2O)[C@H](O)[C@H]1O. The minimum Gasteiger partial charge on any atom is -0.432 e. The molecule has 11 rings (SSSR count). The maximum atomic E-state index is 15.2. The second-order valence-corrected chi connectivity index (χ2v) is 31.3. The van der Waals surface area contributed by atoms with Crippen LogP contribution >= 0.6 is 0 Å². The number of fused-ring (bicyclic) bond motifs is 7. The van der Waals surface area contributed by atoms with E-state index < -0.39 is 245 Å². The van der Waals surface area contributed by atoms with Gasteiger partial charge in [0.15, 0.2) is 31.5 Å². The fraction of sp³-hybridized carbons (Fsp3) is 0.954. The van der Waals surface area contributed by atoms with Crippen molar-refractivity contribution in [3.63, 3.8) is 0 Å². The Morgan fingerprint density at radius 3 is 1.72 bits per heavy atom. The number of aliphatic hydroxyl groups is 19. The van der Waals surface area contributed by atoms with Gasteiger partial charge in [-0.05, 0) is 111 Å². The molecule has 0 radical (unpaired) electrons. The lowest BCUT2D eigenvalue weighted by molar-refractivity contribution is -0.393. The Morgan fingerprint density at radius 2 is 1.05 bits per heavy atom. The van der Waals surface area contributed by atoms with Gasteiger partial charge < -0.3 is 154 Å². The summed E-state index contributed by atoms with van der Waals surface area (Å²) in [4.78, 5) is 15.2. The minimum absolute atomic E-state index is 0.0455. The van der Waals surface area contributed by atoms with Gasteiger partial charge in [-0.25, -0.2) is 0 Å². The molecule has 6 heterocycles. The van der Waals surface area contributed by atoms with Crippen molar-refractivity contribution in [1.82, 2.24) is 0 Å². The fourth-order valence-electron chi connectivity index (χ4n) is 19.1. The van der Waals surface area contributed by atoms with E-state index >= 15 is 4.79 Å². The van der Waals surface area contributed by atoms with Gasteiger partial charge in [0.25, 0.3) is 0 Å². The largest absolute Gasteiger partial charge is 0.432 e. The molecule has 11 aliphatic rings. The molecular formula is C65H106O32. The van der Waals surface area contributed by atoms with Crippen LogP contribution in [0.5, 0.6) is 0 Å². The lowest BCUT2D eigenvalue weighted by Gasteiger charge is -2.71. The van der Waals surface area contributed by atoms with Crippen LogP contribution in [0.15, 0.2) is 11.6 Å². The Kier molecular flexibility index (Phi) is 22.6. The van der Waals surface area contributed by atoms with Crippen molar-refractivity contribution in [1.29, 1.82) is 0 Å². The quantitative estimate of drug-likeness (QED) is 0.0366. The van der Waals surface area contributed by atoms with Gasteiger partial charge >= 0.3 is 5.97 Å². The summed E-state index contributed by atoms with van der Waals surface area (Å²) in [5.41, 5.74) is -2.35. The molecule has 6 aliphatic heterocycles. The monoisotopic (exact) mass is 1400 g/mol. The summed E-state index contributed by atoms with van der Waals surface area (Å²) >= 11 is 0. The summed E-state index contributed by atoms with van der Waals surface area (Å²) in [6.07, 6.45) is -42.5. The van der Waals surface area contributed by atoms with Crippen LogP contribution in [0.3, 0.4) is 0 Å². The molecule has 10 fully saturated rings. The highest BCUT2D eigenvalue weighted by molar-refractivity contribution is 5.79. The van der Waals surface area contributed by atoms with Crippen LogP contribution in [-0.2, 0) is 61.6 Å². The summed E-state index contributed by atoms with van der Waals surface area (Å²) in [5.74, 6) is -1.08. The number of hydrogen-bond acceptors (Lipinski definition) is 32. The molecule has 6 saturated heterocycles. The van der Waals surface area contributed by atoms with Crippen molar-refractivity contribution in [3.05, 3.63) is 11.6 Å². The van der Waals surface area contributed by atoms with Gasteiger partial charge in [-0.3, -0.25) is 4.79 Å². The molecule has 0 aromatic carbocycles. The minimum atomic E-state index is -2.05. The van der Waals surface area contributed by atoms with E-state index in [-0.39, 0.29) is 35.2 Å². The van der Waals surface area contributed by atoms with Gasteiger partial charge in [-0.2, -0.15) is 0 Å². The Bertz CT molecular complexity index is 2710. The number of ether oxygens (including phenoxy) is 12. The zero-order valence-corrected chi connectivity index (χ0v) is 55.7. The summed E-state index contributed by atoms with van der Waals surface area (Å²) in [6, 6.07) is 0. The van der Waals surface area contributed by atoms with Crippen molar-refractivity contribution in [2.45, 2.75) is 297 Å². The Balaban J connectivity index is 0.765. The molecule has 32 nitrogen and oxygen atoms in total. The number of allylic oxidation sites excluding steroid dienone is 2. The first-order chi connectivity index (χ1) is 45.6. The van der Waals surface area contributed by atoms with Crippen LogP contribution in [0.4, 0.5) is 0 Å². The Labute approximate surface area is 561 Å². The Hall–Kier alpha value is -1.99. The normalized spacial score (nSPS) is 54.7. The summed E-state index contributed by atoms with van der Waals surface area (Å²) < 4.78 is 70.9. The molecule has 558 valence electrons. The topological polar surface area (TPSA) is 512 Å². The lowest BCUT2D eigenvalue weighted by atomic mass is 9.33. The van der Waals surface area contributed by atoms with Crippen LogP contribution in [0.2, 0.25) is 0 Å². The van der Waals surface area contributed by atoms with E-state index in [9.17, 15) is 97.0 Å². The van der Waals surface area contributed by atoms with Gasteiger partial charge in [-0.15, -0.1) is 0 Å². The lowest BCUT2D eigenvalue weighted by Crippen LogP contribution is -2.68. The average molecular weight is 1400 g/mol. The predicted octanol–water partition coefficient (Wildman–Crippen LogP) is -5.75. The van der Waals surface area contributed by atoms with E-state index in [2.05, 4.69) is 40.7 Å². The molecule has 97 heavy (non-hydrogen) atoms. The highest BCUT2D eigenvalue weighted by Crippen LogP contribution is 2.76. The van der Waals surface area contributed by atoms with Gasteiger partial charge in [0.05, 0.1) is 57.3 Å². The number of aliphatic hydroxyl groups excluding tert-OH is 19. The zero-order valence-electron chi connectivity index (χ0n) is 55.7. The van der Waals surface area contributed by atoms with Crippen LogP contribution < -0.4 is 0 Å². The van der Waals surface area contributed by atoms with Gasteiger partial charge in [0.2, 0.25) is 6.29 Å². The Morgan fingerprint density at radius 1 is 0.495 bits per heavy atom. The molecule has 5 aliphatic carbocycles. The van der Waals surface area contributed by atoms with Crippen molar-refractivity contribution < 1.29 is 159 Å². The van der Waals surface area contributed by atoms with E-state index in [1.165, 1.54) is 6.92 Å². The van der Waals surface area contributed by atoms with E-state index in [4.69, 9.17) is 56.8 Å². The third-order valence-electron chi connectivity index (χ3n) is 25.3. The standard InChI is InChI=1S/C65H106O32/c1-25-36(71)43(78)52(96-54-45(80)37(72)28(70)22-86-54)58(88-25)95-51-40(75)30(20-67)90-57(49(51)84)94-50-31(21-68)91-55(48(83)44(50)79)93-35-11-12-61(4)33(62(35,5)24-69)10-13-64(7)34(61)9-8-26-27-18-60(2,3)14-16-65(27,17-15-63(26,64)6)59(85)97-56-47(82)42(77)39(74)32(92-56)23-87-53-46(81)41(76)38(73)29(19-66)89-53/h8,25,27-58,66-84H,9-24H2,1-7H3/t25-,27?,28+,29-,30-,31-,32-,33?,34?,35?,36+,37-,38-,39-,40-,41-,42-,43-,44+,45-,46-,47-,48-,49-,50-,51-,52-,53-,54+,55+,56+,57+,58+,61?,62-,63-,64?,65?/m1/s1. The number of esters is 1. The highest BCUT2D eigenvalue weighted by Gasteiger charge is 2.71. The highest BCUT2D eigenvalue weighted by atomic mass is 16.8. The maximum absolute atomic E-state index is 15.2. The molecule has 0 aromatic rings. The molecular weight excluding hydrogens is 1290 g/mol. The number of carbonyl (C=O) groups excluding carboxylic acids is 1. The second-order valence-electron chi connectivity index (χ2n) is 31.3. The van der Waals surface area contributed by atoms with Crippen LogP contribution in [0.1, 0.15) is 113 Å². The zero-order chi connectivity index (χ0) is 70.7. The number of hydrogen-bond donors (Lipinski definition) is 19. The molecule has 0 aromatic heterocycles. The molecule has 38 atom stereocenters. The summed E-state index contributed by atoms with van der Waals surface area (Å²) in [6.45, 7) is 10.6. The predicted molar refractivity (Wildman–Crippen MR) is 322 cm³/mol. The first-order valence-corrected chi connectivity index (χ1v) is 34.3. The molecule has 4 saturated carbocycles. The maximum Gasteiger partial charge on any atom is 0.315 e. The van der Waals surface area contributed by atoms with Gasteiger partial charge in [-0.1, -0.05) is 53.2 Å². The summed E-state index contributed by atoms with van der Waals surface area (Å²) in [7, 11) is 0.